The highest BCUT2D eigenvalue weighted by Crippen LogP contribution is 2.22. The standard InChI is InChI=1S/C15H23N3O/c1-2-4-12-7-8-18(10-12)11-13-5-3-6-14(9-13)15(16)17-19/h3,5-6,9,12,19H,2,4,7-8,10-11H2,1H3,(H2,16,17). The molecule has 1 atom stereocenters. The third-order valence-corrected chi connectivity index (χ3v) is 3.80. The van der Waals surface area contributed by atoms with Crippen LogP contribution in [0.5, 0.6) is 0 Å². The van der Waals surface area contributed by atoms with Crippen LogP contribution in [0, 0.1) is 5.92 Å². The van der Waals surface area contributed by atoms with Gasteiger partial charge in [0.15, 0.2) is 5.84 Å². The van der Waals surface area contributed by atoms with Gasteiger partial charge < -0.3 is 10.9 Å². The lowest BCUT2D eigenvalue weighted by atomic mass is 10.0. The summed E-state index contributed by atoms with van der Waals surface area (Å²) in [6.07, 6.45) is 3.92. The Hall–Kier alpha value is -1.55. The Morgan fingerprint density at radius 3 is 3.11 bits per heavy atom. The van der Waals surface area contributed by atoms with Crippen molar-refractivity contribution >= 4 is 5.84 Å². The minimum absolute atomic E-state index is 0.173. The van der Waals surface area contributed by atoms with Gasteiger partial charge >= 0.3 is 0 Å². The van der Waals surface area contributed by atoms with Gasteiger partial charge in [-0.2, -0.15) is 0 Å². The first-order valence-corrected chi connectivity index (χ1v) is 7.02. The van der Waals surface area contributed by atoms with Crippen LogP contribution in [0.25, 0.3) is 0 Å². The lowest BCUT2D eigenvalue weighted by Gasteiger charge is -2.16. The molecule has 0 aliphatic carbocycles. The van der Waals surface area contributed by atoms with Gasteiger partial charge in [0.25, 0.3) is 0 Å². The van der Waals surface area contributed by atoms with E-state index in [9.17, 15) is 0 Å². The quantitative estimate of drug-likeness (QED) is 0.370. The summed E-state index contributed by atoms with van der Waals surface area (Å²) in [5.74, 6) is 1.03. The maximum atomic E-state index is 8.71. The molecule has 19 heavy (non-hydrogen) atoms. The van der Waals surface area contributed by atoms with E-state index in [1.165, 1.54) is 37.9 Å². The Balaban J connectivity index is 1.96. The van der Waals surface area contributed by atoms with Gasteiger partial charge in [0, 0.05) is 18.7 Å². The van der Waals surface area contributed by atoms with Crippen molar-refractivity contribution in [1.82, 2.24) is 4.90 Å². The number of oxime groups is 1. The van der Waals surface area contributed by atoms with Crippen LogP contribution in [0.2, 0.25) is 0 Å². The maximum absolute atomic E-state index is 8.71. The highest BCUT2D eigenvalue weighted by atomic mass is 16.4. The highest BCUT2D eigenvalue weighted by molar-refractivity contribution is 5.97. The van der Waals surface area contributed by atoms with Crippen molar-refractivity contribution in [2.45, 2.75) is 32.7 Å². The lowest BCUT2D eigenvalue weighted by Crippen LogP contribution is -2.20. The number of nitrogens with zero attached hydrogens (tertiary/aromatic N) is 2. The minimum atomic E-state index is 0.173. The van der Waals surface area contributed by atoms with Gasteiger partial charge in [0.2, 0.25) is 0 Å². The minimum Gasteiger partial charge on any atom is -0.409 e. The SMILES string of the molecule is CCCC1CCN(Cc2cccc(/C(N)=N/O)c2)C1. The maximum Gasteiger partial charge on any atom is 0.170 e. The van der Waals surface area contributed by atoms with Crippen molar-refractivity contribution in [2.24, 2.45) is 16.8 Å². The molecule has 1 aromatic rings. The topological polar surface area (TPSA) is 61.8 Å². The molecule has 4 nitrogen and oxygen atoms in total. The van der Waals surface area contributed by atoms with Crippen LogP contribution in [0.4, 0.5) is 0 Å². The van der Waals surface area contributed by atoms with E-state index < -0.39 is 0 Å². The van der Waals surface area contributed by atoms with E-state index in [2.05, 4.69) is 23.0 Å². The first kappa shape index (κ1) is 13.9. The Morgan fingerprint density at radius 2 is 2.37 bits per heavy atom. The molecule has 1 aliphatic heterocycles. The zero-order valence-corrected chi connectivity index (χ0v) is 11.5. The third kappa shape index (κ3) is 3.70. The van der Waals surface area contributed by atoms with Gasteiger partial charge in [-0.15, -0.1) is 0 Å². The van der Waals surface area contributed by atoms with E-state index in [0.29, 0.717) is 0 Å². The van der Waals surface area contributed by atoms with Crippen LogP contribution in [-0.4, -0.2) is 29.0 Å². The number of benzene rings is 1. The fraction of sp³-hybridized carbons (Fsp3) is 0.533. The molecule has 4 heteroatoms. The Kier molecular flexibility index (Phi) is 4.80. The molecular weight excluding hydrogens is 238 g/mol. The molecule has 1 unspecified atom stereocenters. The molecule has 0 spiro atoms. The molecular formula is C15H23N3O. The largest absolute Gasteiger partial charge is 0.409 e. The summed E-state index contributed by atoms with van der Waals surface area (Å²) in [4.78, 5) is 2.49. The number of rotatable bonds is 5. The zero-order chi connectivity index (χ0) is 13.7. The van der Waals surface area contributed by atoms with Gasteiger partial charge in [0.1, 0.15) is 0 Å². The van der Waals surface area contributed by atoms with Crippen LogP contribution in [0.15, 0.2) is 29.4 Å². The van der Waals surface area contributed by atoms with Crippen molar-refractivity contribution in [3.05, 3.63) is 35.4 Å². The first-order chi connectivity index (χ1) is 9.22. The van der Waals surface area contributed by atoms with Crippen LogP contribution in [0.1, 0.15) is 37.3 Å². The van der Waals surface area contributed by atoms with E-state index in [-0.39, 0.29) is 5.84 Å². The van der Waals surface area contributed by atoms with Crippen LogP contribution in [0.3, 0.4) is 0 Å². The first-order valence-electron chi connectivity index (χ1n) is 7.02. The predicted molar refractivity (Wildman–Crippen MR) is 77.2 cm³/mol. The van der Waals surface area contributed by atoms with E-state index >= 15 is 0 Å². The summed E-state index contributed by atoms with van der Waals surface area (Å²) in [7, 11) is 0. The van der Waals surface area contributed by atoms with Crippen molar-refractivity contribution in [1.29, 1.82) is 0 Å². The Labute approximate surface area is 114 Å². The van der Waals surface area contributed by atoms with Gasteiger partial charge in [-0.1, -0.05) is 36.7 Å². The van der Waals surface area contributed by atoms with E-state index in [4.69, 9.17) is 10.9 Å². The summed E-state index contributed by atoms with van der Waals surface area (Å²) in [6, 6.07) is 7.92. The number of nitrogens with two attached hydrogens (primary N) is 1. The van der Waals surface area contributed by atoms with E-state index in [1.54, 1.807) is 0 Å². The molecule has 1 saturated heterocycles. The van der Waals surface area contributed by atoms with Gasteiger partial charge in [-0.05, 0) is 36.9 Å². The monoisotopic (exact) mass is 261 g/mol. The number of hydrogen-bond donors (Lipinski definition) is 2. The molecule has 104 valence electrons. The summed E-state index contributed by atoms with van der Waals surface area (Å²) in [5.41, 5.74) is 7.62. The van der Waals surface area contributed by atoms with Gasteiger partial charge in [-0.25, -0.2) is 0 Å². The molecule has 1 heterocycles. The molecule has 0 amide bonds. The van der Waals surface area contributed by atoms with Crippen molar-refractivity contribution in [3.63, 3.8) is 0 Å². The van der Waals surface area contributed by atoms with E-state index in [0.717, 1.165) is 18.0 Å². The molecule has 1 aliphatic rings. The average Bonchev–Trinajstić information content (AvgIpc) is 2.86. The summed E-state index contributed by atoms with van der Waals surface area (Å²) in [5, 5.41) is 11.8. The Morgan fingerprint density at radius 1 is 1.53 bits per heavy atom. The molecule has 0 bridgehead atoms. The van der Waals surface area contributed by atoms with Crippen molar-refractivity contribution in [2.75, 3.05) is 13.1 Å². The predicted octanol–water partition coefficient (Wildman–Crippen LogP) is 2.40. The van der Waals surface area contributed by atoms with E-state index in [1.807, 2.05) is 18.2 Å². The Bertz CT molecular complexity index is 445. The zero-order valence-electron chi connectivity index (χ0n) is 11.5. The molecule has 0 radical (unpaired) electrons. The number of hydrogen-bond acceptors (Lipinski definition) is 3. The second-order valence-electron chi connectivity index (χ2n) is 5.36. The molecule has 1 fully saturated rings. The normalized spacial score (nSPS) is 20.9. The van der Waals surface area contributed by atoms with Crippen LogP contribution >= 0.6 is 0 Å². The van der Waals surface area contributed by atoms with Crippen molar-refractivity contribution < 1.29 is 5.21 Å². The molecule has 1 aromatic carbocycles. The van der Waals surface area contributed by atoms with Crippen molar-refractivity contribution in [3.8, 4) is 0 Å². The molecule has 0 aromatic heterocycles. The summed E-state index contributed by atoms with van der Waals surface area (Å²) >= 11 is 0. The second kappa shape index (κ2) is 6.57. The van der Waals surface area contributed by atoms with Gasteiger partial charge in [-0.3, -0.25) is 4.90 Å². The highest BCUT2D eigenvalue weighted by Gasteiger charge is 2.21. The molecule has 2 rings (SSSR count). The number of amidine groups is 1. The molecule has 0 saturated carbocycles. The van der Waals surface area contributed by atoms with Crippen LogP contribution in [-0.2, 0) is 6.54 Å². The summed E-state index contributed by atoms with van der Waals surface area (Å²) < 4.78 is 0. The van der Waals surface area contributed by atoms with Gasteiger partial charge in [0.05, 0.1) is 0 Å². The lowest BCUT2D eigenvalue weighted by molar-refractivity contribution is 0.313. The third-order valence-electron chi connectivity index (χ3n) is 3.80. The fourth-order valence-electron chi connectivity index (χ4n) is 2.85. The van der Waals surface area contributed by atoms with Crippen LogP contribution < -0.4 is 5.73 Å². The average molecular weight is 261 g/mol. The fourth-order valence-corrected chi connectivity index (χ4v) is 2.85. The summed E-state index contributed by atoms with van der Waals surface area (Å²) in [6.45, 7) is 5.58. The number of likely N-dealkylation sites (tertiary alicyclic amines) is 1. The second-order valence-corrected chi connectivity index (χ2v) is 5.36. The molecule has 3 N–H and O–H groups in total. The smallest absolute Gasteiger partial charge is 0.170 e.